The number of nitrogens with two attached hydrogens (primary N) is 1. The maximum atomic E-state index is 5.50. The van der Waals surface area contributed by atoms with Gasteiger partial charge in [0.05, 0.1) is 32.5 Å². The summed E-state index contributed by atoms with van der Waals surface area (Å²) in [5.74, 6) is 5.83. The van der Waals surface area contributed by atoms with Gasteiger partial charge in [0.1, 0.15) is 0 Å². The first-order valence-electron chi connectivity index (χ1n) is 5.68. The molecule has 0 aliphatic heterocycles. The third-order valence-electron chi connectivity index (χ3n) is 1.91. The molecular formula is C13H19NO2S. The van der Waals surface area contributed by atoms with Crippen molar-refractivity contribution in [3.8, 4) is 11.8 Å². The van der Waals surface area contributed by atoms with E-state index >= 15 is 0 Å². The summed E-state index contributed by atoms with van der Waals surface area (Å²) in [7, 11) is 0. The lowest BCUT2D eigenvalue weighted by atomic mass is 10.3. The first-order chi connectivity index (χ1) is 8.22. The molecule has 17 heavy (non-hydrogen) atoms. The summed E-state index contributed by atoms with van der Waals surface area (Å²) in [5, 5.41) is 2.02. The van der Waals surface area contributed by atoms with Crippen LogP contribution >= 0.6 is 11.3 Å². The van der Waals surface area contributed by atoms with E-state index < -0.39 is 0 Å². The minimum absolute atomic E-state index is 0.262. The van der Waals surface area contributed by atoms with Crippen LogP contribution in [0.15, 0.2) is 11.4 Å². The van der Waals surface area contributed by atoms with Gasteiger partial charge in [-0.05, 0) is 19.9 Å². The van der Waals surface area contributed by atoms with E-state index in [0.29, 0.717) is 26.4 Å². The lowest BCUT2D eigenvalue weighted by molar-refractivity contribution is 0.0149. The molecule has 0 aromatic carbocycles. The maximum Gasteiger partial charge on any atom is 0.0810 e. The molecule has 4 heteroatoms. The zero-order chi connectivity index (χ0) is 12.5. The van der Waals surface area contributed by atoms with E-state index in [1.165, 1.54) is 4.88 Å². The van der Waals surface area contributed by atoms with E-state index in [1.807, 2.05) is 25.3 Å². The second-order valence-corrected chi connectivity index (χ2v) is 4.78. The molecular weight excluding hydrogens is 234 g/mol. The van der Waals surface area contributed by atoms with Crippen LogP contribution in [0, 0.1) is 11.8 Å². The van der Waals surface area contributed by atoms with Gasteiger partial charge in [0.2, 0.25) is 0 Å². The Kier molecular flexibility index (Phi) is 6.90. The Morgan fingerprint density at radius 3 is 2.94 bits per heavy atom. The fourth-order valence-electron chi connectivity index (χ4n) is 1.19. The van der Waals surface area contributed by atoms with E-state index in [2.05, 4.69) is 11.8 Å². The predicted molar refractivity (Wildman–Crippen MR) is 71.0 cm³/mol. The second-order valence-electron chi connectivity index (χ2n) is 3.78. The van der Waals surface area contributed by atoms with Crippen molar-refractivity contribution in [2.45, 2.75) is 26.6 Å². The summed E-state index contributed by atoms with van der Waals surface area (Å²) < 4.78 is 10.9. The van der Waals surface area contributed by atoms with Crippen LogP contribution in [0.3, 0.4) is 0 Å². The van der Waals surface area contributed by atoms with Gasteiger partial charge in [-0.2, -0.15) is 0 Å². The van der Waals surface area contributed by atoms with Gasteiger partial charge >= 0.3 is 0 Å². The zero-order valence-corrected chi connectivity index (χ0v) is 11.2. The van der Waals surface area contributed by atoms with Crippen LogP contribution in [0.1, 0.15) is 24.3 Å². The molecule has 0 aliphatic rings. The van der Waals surface area contributed by atoms with Crippen LogP contribution in [0.4, 0.5) is 0 Å². The molecule has 2 N–H and O–H groups in total. The van der Waals surface area contributed by atoms with Crippen LogP contribution in [0.5, 0.6) is 0 Å². The van der Waals surface area contributed by atoms with Crippen LogP contribution < -0.4 is 5.73 Å². The van der Waals surface area contributed by atoms with Gasteiger partial charge in [0.15, 0.2) is 0 Å². The highest BCUT2D eigenvalue weighted by atomic mass is 32.1. The number of hydrogen-bond acceptors (Lipinski definition) is 4. The van der Waals surface area contributed by atoms with Gasteiger partial charge in [-0.1, -0.05) is 11.8 Å². The third-order valence-corrected chi connectivity index (χ3v) is 2.82. The first kappa shape index (κ1) is 14.2. The van der Waals surface area contributed by atoms with Crippen molar-refractivity contribution >= 4 is 11.3 Å². The number of thiophene rings is 1. The summed E-state index contributed by atoms with van der Waals surface area (Å²) in [5.41, 5.74) is 6.32. The molecule has 0 fully saturated rings. The van der Waals surface area contributed by atoms with Crippen LogP contribution in [0.2, 0.25) is 0 Å². The average molecular weight is 253 g/mol. The topological polar surface area (TPSA) is 44.5 Å². The van der Waals surface area contributed by atoms with E-state index in [1.54, 1.807) is 11.3 Å². The van der Waals surface area contributed by atoms with Crippen molar-refractivity contribution < 1.29 is 9.47 Å². The quantitative estimate of drug-likeness (QED) is 0.623. The standard InChI is InChI=1S/C13H19NO2S/c1-11(2)16-7-6-15-9-13-8-12(10-17-13)4-3-5-14/h8,10-11H,5-7,9,14H2,1-2H3. The van der Waals surface area contributed by atoms with Gasteiger partial charge in [0, 0.05) is 15.8 Å². The van der Waals surface area contributed by atoms with Gasteiger partial charge in [-0.3, -0.25) is 0 Å². The molecule has 1 rings (SSSR count). The highest BCUT2D eigenvalue weighted by molar-refractivity contribution is 7.10. The van der Waals surface area contributed by atoms with E-state index in [-0.39, 0.29) is 6.10 Å². The summed E-state index contributed by atoms with van der Waals surface area (Å²) in [6.45, 7) is 6.32. The lowest BCUT2D eigenvalue weighted by Gasteiger charge is -2.07. The van der Waals surface area contributed by atoms with Crippen molar-refractivity contribution in [3.63, 3.8) is 0 Å². The van der Waals surface area contributed by atoms with Gasteiger partial charge in [-0.25, -0.2) is 0 Å². The minimum Gasteiger partial charge on any atom is -0.376 e. The Bertz CT molecular complexity index is 376. The van der Waals surface area contributed by atoms with Gasteiger partial charge in [-0.15, -0.1) is 11.3 Å². The molecule has 0 spiro atoms. The Balaban J connectivity index is 2.21. The van der Waals surface area contributed by atoms with Crippen molar-refractivity contribution in [2.24, 2.45) is 5.73 Å². The average Bonchev–Trinajstić information content (AvgIpc) is 2.73. The van der Waals surface area contributed by atoms with E-state index in [0.717, 1.165) is 5.56 Å². The SMILES string of the molecule is CC(C)OCCOCc1cc(C#CCN)cs1. The molecule has 94 valence electrons. The Labute approximate surface area is 107 Å². The number of rotatable bonds is 6. The van der Waals surface area contributed by atoms with Crippen LogP contribution in [-0.4, -0.2) is 25.9 Å². The number of ether oxygens (including phenoxy) is 2. The van der Waals surface area contributed by atoms with Gasteiger partial charge < -0.3 is 15.2 Å². The van der Waals surface area contributed by atoms with Crippen LogP contribution in [0.25, 0.3) is 0 Å². The largest absolute Gasteiger partial charge is 0.376 e. The molecule has 0 unspecified atom stereocenters. The Hall–Kier alpha value is -0.860. The van der Waals surface area contributed by atoms with Crippen molar-refractivity contribution in [1.82, 2.24) is 0 Å². The van der Waals surface area contributed by atoms with E-state index in [4.69, 9.17) is 15.2 Å². The molecule has 3 nitrogen and oxygen atoms in total. The molecule has 0 saturated heterocycles. The molecule has 1 aromatic rings. The molecule has 0 saturated carbocycles. The highest BCUT2D eigenvalue weighted by Gasteiger charge is 1.98. The van der Waals surface area contributed by atoms with Crippen molar-refractivity contribution in [3.05, 3.63) is 21.9 Å². The molecule has 0 aliphatic carbocycles. The molecule has 0 atom stereocenters. The first-order valence-corrected chi connectivity index (χ1v) is 6.56. The molecule has 0 bridgehead atoms. The van der Waals surface area contributed by atoms with Crippen molar-refractivity contribution in [2.75, 3.05) is 19.8 Å². The number of hydrogen-bond donors (Lipinski definition) is 1. The fourth-order valence-corrected chi connectivity index (χ4v) is 1.94. The summed E-state index contributed by atoms with van der Waals surface area (Å²) in [4.78, 5) is 1.18. The van der Waals surface area contributed by atoms with Crippen molar-refractivity contribution in [1.29, 1.82) is 0 Å². The molecule has 1 heterocycles. The molecule has 0 radical (unpaired) electrons. The fraction of sp³-hybridized carbons (Fsp3) is 0.538. The monoisotopic (exact) mass is 253 g/mol. The van der Waals surface area contributed by atoms with Gasteiger partial charge in [0.25, 0.3) is 0 Å². The molecule has 0 amide bonds. The third kappa shape index (κ3) is 6.44. The smallest absolute Gasteiger partial charge is 0.0810 e. The summed E-state index contributed by atoms with van der Waals surface area (Å²) in [6, 6.07) is 2.04. The second kappa shape index (κ2) is 8.26. The molecule has 1 aromatic heterocycles. The normalized spacial score (nSPS) is 10.4. The van der Waals surface area contributed by atoms with E-state index in [9.17, 15) is 0 Å². The maximum absolute atomic E-state index is 5.50. The summed E-state index contributed by atoms with van der Waals surface area (Å²) in [6.07, 6.45) is 0.262. The Morgan fingerprint density at radius 1 is 1.41 bits per heavy atom. The lowest BCUT2D eigenvalue weighted by Crippen LogP contribution is -2.09. The predicted octanol–water partition coefficient (Wildman–Crippen LogP) is 2.00. The Morgan fingerprint density at radius 2 is 2.24 bits per heavy atom. The zero-order valence-electron chi connectivity index (χ0n) is 10.4. The summed E-state index contributed by atoms with van der Waals surface area (Å²) >= 11 is 1.66. The minimum atomic E-state index is 0.262. The highest BCUT2D eigenvalue weighted by Crippen LogP contribution is 2.14. The van der Waals surface area contributed by atoms with Crippen LogP contribution in [-0.2, 0) is 16.1 Å².